The van der Waals surface area contributed by atoms with E-state index in [0.717, 1.165) is 0 Å². The Hall–Kier alpha value is -0.917. The molecule has 0 heterocycles. The van der Waals surface area contributed by atoms with Gasteiger partial charge in [0.1, 0.15) is 22.8 Å². The Morgan fingerprint density at radius 3 is 0.684 bits per heavy atom. The molecule has 0 aliphatic rings. The Morgan fingerprint density at radius 1 is 0.526 bits per heavy atom. The topological polar surface area (TPSA) is 118 Å². The fraction of sp³-hybridized carbons (Fsp3) is 0.500. The first kappa shape index (κ1) is 30.8. The third-order valence-electron chi connectivity index (χ3n) is 1.59. The molecule has 0 saturated heterocycles. The van der Waals surface area contributed by atoms with Gasteiger partial charge in [0.2, 0.25) is 0 Å². The van der Waals surface area contributed by atoms with Crippen LogP contribution in [0.4, 0.5) is 0 Å². The predicted octanol–water partition coefficient (Wildman–Crippen LogP) is -2.45. The third kappa shape index (κ3) is 17.1. The summed E-state index contributed by atoms with van der Waals surface area (Å²) < 4.78 is 0. The minimum Gasteiger partial charge on any atom is -1.00 e. The molecule has 111 valence electrons. The van der Waals surface area contributed by atoms with Crippen LogP contribution < -0.4 is 24.8 Å². The summed E-state index contributed by atoms with van der Waals surface area (Å²) in [6.07, 6.45) is 0. The Kier molecular flexibility index (Phi) is 31.5. The molecule has 0 amide bonds. The third-order valence-corrected chi connectivity index (χ3v) is 1.59. The van der Waals surface area contributed by atoms with Crippen molar-refractivity contribution in [2.75, 3.05) is 0 Å². The van der Waals surface area contributed by atoms with Crippen molar-refractivity contribution < 1.29 is 44.3 Å². The van der Waals surface area contributed by atoms with Crippen LogP contribution in [0.1, 0.15) is 27.7 Å². The molecule has 11 heteroatoms. The van der Waals surface area contributed by atoms with Gasteiger partial charge in [-0.15, -0.1) is 19.6 Å². The van der Waals surface area contributed by atoms with Gasteiger partial charge in [0.05, 0.1) is 0 Å². The van der Waals surface area contributed by atoms with Gasteiger partial charge in [-0.3, -0.25) is 0 Å². The van der Waals surface area contributed by atoms with Gasteiger partial charge in [0, 0.05) is 0 Å². The van der Waals surface area contributed by atoms with E-state index in [2.05, 4.69) is 20.7 Å². The number of allylic oxidation sites excluding steroid dienone is 4. The van der Waals surface area contributed by atoms with Gasteiger partial charge in [0.25, 0.3) is 0 Å². The van der Waals surface area contributed by atoms with Crippen LogP contribution in [-0.2, 0) is 19.5 Å². The van der Waals surface area contributed by atoms with E-state index in [0.29, 0.717) is 0 Å². The summed E-state index contributed by atoms with van der Waals surface area (Å²) in [7, 11) is 0. The van der Waals surface area contributed by atoms with E-state index < -0.39 is 0 Å². The molecule has 8 nitrogen and oxygen atoms in total. The van der Waals surface area contributed by atoms with Gasteiger partial charge in [-0.05, 0) is 48.4 Å². The van der Waals surface area contributed by atoms with E-state index in [9.17, 15) is 19.6 Å². The van der Waals surface area contributed by atoms with Crippen LogP contribution >= 0.6 is 0 Å². The van der Waals surface area contributed by atoms with Crippen molar-refractivity contribution in [3.05, 3.63) is 42.4 Å². The molecule has 0 aliphatic heterocycles. The van der Waals surface area contributed by atoms with Gasteiger partial charge in [-0.1, -0.05) is 0 Å². The van der Waals surface area contributed by atoms with Crippen LogP contribution in [-0.4, -0.2) is 0 Å². The molecule has 0 N–H and O–H groups in total. The number of nitroso groups, excluding NO2 is 4. The van der Waals surface area contributed by atoms with Crippen LogP contribution in [0.25, 0.3) is 0 Å². The van der Waals surface area contributed by atoms with E-state index in [1.807, 2.05) is 0 Å². The molecule has 19 heavy (non-hydrogen) atoms. The standard InChI is InChI=1S/2C4H6N2O2.2ClH.Rh/c2*1-3(5-7)4(2)6-8;;;/h2*1-2H3;2*1H;/q;;;;+2/p-2. The summed E-state index contributed by atoms with van der Waals surface area (Å²) in [5, 5.41) is 9.98. The van der Waals surface area contributed by atoms with Crippen LogP contribution in [0.15, 0.2) is 43.5 Å². The van der Waals surface area contributed by atoms with Crippen LogP contribution in [0.2, 0.25) is 0 Å². The molecule has 1 radical (unpaired) electrons. The Morgan fingerprint density at radius 2 is 0.632 bits per heavy atom. The number of rotatable bonds is 4. The van der Waals surface area contributed by atoms with Crippen molar-refractivity contribution in [3.63, 3.8) is 0 Å². The first-order valence-electron chi connectivity index (χ1n) is 4.12. The zero-order valence-electron chi connectivity index (χ0n) is 10.5. The molecule has 0 aromatic carbocycles. The van der Waals surface area contributed by atoms with Gasteiger partial charge in [-0.25, -0.2) is 0 Å². The molecule has 0 fully saturated rings. The fourth-order valence-corrected chi connectivity index (χ4v) is 0.264. The van der Waals surface area contributed by atoms with Crippen LogP contribution in [0.5, 0.6) is 0 Å². The Labute approximate surface area is 135 Å². The number of hydrogen-bond donors (Lipinski definition) is 0. The van der Waals surface area contributed by atoms with Crippen molar-refractivity contribution in [1.29, 1.82) is 0 Å². The second-order valence-electron chi connectivity index (χ2n) is 2.71. The molecule has 0 bridgehead atoms. The van der Waals surface area contributed by atoms with Crippen LogP contribution in [0, 0.1) is 19.6 Å². The first-order chi connectivity index (χ1) is 7.44. The van der Waals surface area contributed by atoms with Gasteiger partial charge >= 0.3 is 19.5 Å². The molecule has 0 aromatic rings. The maximum Gasteiger partial charge on any atom is 2.00 e. The fourth-order valence-electron chi connectivity index (χ4n) is 0.264. The van der Waals surface area contributed by atoms with E-state index >= 15 is 0 Å². The minimum absolute atomic E-state index is 0. The molecule has 0 atom stereocenters. The maximum atomic E-state index is 9.60. The number of hydrogen-bond acceptors (Lipinski definition) is 8. The molecular weight excluding hydrogens is 390 g/mol. The summed E-state index contributed by atoms with van der Waals surface area (Å²) in [5.41, 5.74) is 0.556. The average Bonchev–Trinajstić information content (AvgIpc) is 2.35. The summed E-state index contributed by atoms with van der Waals surface area (Å²) in [5.74, 6) is 0. The molecule has 0 spiro atoms. The smallest absolute Gasteiger partial charge is 1.00 e. The van der Waals surface area contributed by atoms with Crippen molar-refractivity contribution in [1.82, 2.24) is 0 Å². The predicted molar refractivity (Wildman–Crippen MR) is 59.9 cm³/mol. The summed E-state index contributed by atoms with van der Waals surface area (Å²) >= 11 is 0. The molecule has 0 aromatic heterocycles. The van der Waals surface area contributed by atoms with E-state index in [1.165, 1.54) is 27.7 Å². The molecule has 0 unspecified atom stereocenters. The van der Waals surface area contributed by atoms with Gasteiger partial charge < -0.3 is 24.8 Å². The molecular formula is C8H12Cl2N4O4Rh. The number of nitrogens with zero attached hydrogens (tertiary/aromatic N) is 4. The quantitative estimate of drug-likeness (QED) is 0.383. The maximum absolute atomic E-state index is 9.60. The largest absolute Gasteiger partial charge is 2.00 e. The average molecular weight is 402 g/mol. The first-order valence-corrected chi connectivity index (χ1v) is 4.12. The minimum atomic E-state index is 0. The second kappa shape index (κ2) is 19.4. The molecule has 0 rings (SSSR count). The molecule has 0 saturated carbocycles. The second-order valence-corrected chi connectivity index (χ2v) is 2.71. The van der Waals surface area contributed by atoms with E-state index in [-0.39, 0.29) is 67.1 Å². The van der Waals surface area contributed by atoms with E-state index in [1.54, 1.807) is 0 Å². The van der Waals surface area contributed by atoms with Crippen molar-refractivity contribution in [2.45, 2.75) is 27.7 Å². The van der Waals surface area contributed by atoms with Crippen molar-refractivity contribution in [3.8, 4) is 0 Å². The summed E-state index contributed by atoms with van der Waals surface area (Å²) in [4.78, 5) is 38.4. The van der Waals surface area contributed by atoms with Gasteiger partial charge in [0.15, 0.2) is 0 Å². The van der Waals surface area contributed by atoms with E-state index in [4.69, 9.17) is 0 Å². The SMILES string of the molecule is CC(N=O)=C(C)N=O.CC(N=O)=C(C)N=O.[Cl-].[Cl-].[Rh+2]. The van der Waals surface area contributed by atoms with Crippen molar-refractivity contribution in [2.24, 2.45) is 20.7 Å². The summed E-state index contributed by atoms with van der Waals surface area (Å²) in [6.45, 7) is 5.74. The zero-order chi connectivity index (χ0) is 13.1. The van der Waals surface area contributed by atoms with Gasteiger partial charge in [-0.2, -0.15) is 0 Å². The Bertz CT molecular complexity index is 295. The Balaban J connectivity index is -0.0000000594. The summed E-state index contributed by atoms with van der Waals surface area (Å²) in [6, 6.07) is 0. The van der Waals surface area contributed by atoms with Crippen LogP contribution in [0.3, 0.4) is 0 Å². The van der Waals surface area contributed by atoms with Crippen molar-refractivity contribution >= 4 is 0 Å². The number of halogens is 2. The monoisotopic (exact) mass is 401 g/mol. The molecule has 0 aliphatic carbocycles. The normalized spacial score (nSPS) is 10.3. The zero-order valence-corrected chi connectivity index (χ0v) is 13.7.